The number of thiazole rings is 1. The van der Waals surface area contributed by atoms with Crippen molar-refractivity contribution in [3.63, 3.8) is 0 Å². The van der Waals surface area contributed by atoms with Crippen molar-refractivity contribution in [1.82, 2.24) is 14.6 Å². The zero-order valence-electron chi connectivity index (χ0n) is 7.73. The number of hydrogen-bond donors (Lipinski definition) is 1. The van der Waals surface area contributed by atoms with Crippen LogP contribution in [-0.2, 0) is 6.42 Å². The van der Waals surface area contributed by atoms with E-state index in [1.807, 2.05) is 5.38 Å². The Bertz CT molecular complexity index is 420. The maximum atomic E-state index is 5.58. The van der Waals surface area contributed by atoms with Crippen molar-refractivity contribution in [2.45, 2.75) is 19.8 Å². The number of aryl methyl sites for hydroxylation is 1. The van der Waals surface area contributed by atoms with Crippen LogP contribution in [0.15, 0.2) is 5.38 Å². The van der Waals surface area contributed by atoms with E-state index < -0.39 is 0 Å². The van der Waals surface area contributed by atoms with Crippen molar-refractivity contribution in [2.24, 2.45) is 0 Å². The van der Waals surface area contributed by atoms with Gasteiger partial charge in [0.15, 0.2) is 5.13 Å². The molecule has 74 valence electrons. The first kappa shape index (κ1) is 9.54. The van der Waals surface area contributed by atoms with Crippen LogP contribution in [0.3, 0.4) is 0 Å². The molecule has 0 aliphatic rings. The maximum Gasteiger partial charge on any atom is 0.180 e. The van der Waals surface area contributed by atoms with Crippen LogP contribution in [0.4, 0.5) is 5.13 Å². The normalized spacial score (nSPS) is 10.6. The molecule has 6 heteroatoms. The molecule has 2 aromatic rings. The highest BCUT2D eigenvalue weighted by atomic mass is 32.1. The van der Waals surface area contributed by atoms with Gasteiger partial charge in [0.2, 0.25) is 0 Å². The summed E-state index contributed by atoms with van der Waals surface area (Å²) < 4.78 is 3.94. The van der Waals surface area contributed by atoms with E-state index in [1.165, 1.54) is 22.9 Å². The zero-order chi connectivity index (χ0) is 9.97. The van der Waals surface area contributed by atoms with Crippen molar-refractivity contribution >= 4 is 28.0 Å². The van der Waals surface area contributed by atoms with Crippen LogP contribution in [0.2, 0.25) is 0 Å². The molecule has 0 bridgehead atoms. The van der Waals surface area contributed by atoms with Crippen LogP contribution in [0.5, 0.6) is 0 Å². The van der Waals surface area contributed by atoms with E-state index in [4.69, 9.17) is 5.73 Å². The summed E-state index contributed by atoms with van der Waals surface area (Å²) in [6.07, 6.45) is 2.02. The monoisotopic (exact) mass is 226 g/mol. The van der Waals surface area contributed by atoms with Crippen molar-refractivity contribution in [2.75, 3.05) is 5.73 Å². The minimum Gasteiger partial charge on any atom is -0.375 e. The molecular weight excluding hydrogens is 216 g/mol. The van der Waals surface area contributed by atoms with Crippen LogP contribution in [0.1, 0.15) is 19.0 Å². The molecule has 0 spiro atoms. The lowest BCUT2D eigenvalue weighted by Crippen LogP contribution is -1.88. The van der Waals surface area contributed by atoms with Crippen LogP contribution in [0.25, 0.3) is 10.6 Å². The molecule has 2 aromatic heterocycles. The van der Waals surface area contributed by atoms with Gasteiger partial charge in [-0.15, -0.1) is 16.4 Å². The molecule has 2 heterocycles. The molecule has 2 rings (SSSR count). The third kappa shape index (κ3) is 1.76. The van der Waals surface area contributed by atoms with Gasteiger partial charge in [0.1, 0.15) is 0 Å². The largest absolute Gasteiger partial charge is 0.375 e. The maximum absolute atomic E-state index is 5.58. The van der Waals surface area contributed by atoms with E-state index >= 15 is 0 Å². The Hall–Kier alpha value is -1.01. The van der Waals surface area contributed by atoms with Crippen molar-refractivity contribution in [3.8, 4) is 10.6 Å². The predicted octanol–water partition coefficient (Wildman–Crippen LogP) is 2.20. The zero-order valence-corrected chi connectivity index (χ0v) is 9.36. The van der Waals surface area contributed by atoms with Gasteiger partial charge in [0.05, 0.1) is 16.3 Å². The molecule has 2 N–H and O–H groups in total. The summed E-state index contributed by atoms with van der Waals surface area (Å²) in [5, 5.41) is 6.63. The Morgan fingerprint density at radius 3 is 3.00 bits per heavy atom. The molecule has 0 saturated heterocycles. The summed E-state index contributed by atoms with van der Waals surface area (Å²) in [7, 11) is 0. The van der Waals surface area contributed by atoms with Gasteiger partial charge < -0.3 is 5.73 Å². The lowest BCUT2D eigenvalue weighted by atomic mass is 10.2. The molecule has 0 amide bonds. The minimum atomic E-state index is 0.593. The van der Waals surface area contributed by atoms with E-state index in [0.29, 0.717) is 5.13 Å². The first-order valence-electron chi connectivity index (χ1n) is 4.34. The second kappa shape index (κ2) is 4.02. The second-order valence-electron chi connectivity index (χ2n) is 2.87. The van der Waals surface area contributed by atoms with E-state index in [2.05, 4.69) is 21.5 Å². The first-order valence-corrected chi connectivity index (χ1v) is 5.99. The van der Waals surface area contributed by atoms with Gasteiger partial charge in [-0.2, -0.15) is 0 Å². The highest BCUT2D eigenvalue weighted by Gasteiger charge is 2.11. The third-order valence-corrected chi connectivity index (χ3v) is 3.26. The number of rotatable bonds is 3. The number of nitrogens with zero attached hydrogens (tertiary/aromatic N) is 3. The standard InChI is InChI=1S/C8H10N4S2/c1-2-3-5-7(14-12-11-5)6-4-13-8(9)10-6/h4H,2-3H2,1H3,(H2,9,10). The molecule has 0 aromatic carbocycles. The fourth-order valence-corrected chi connectivity index (χ4v) is 2.49. The first-order chi connectivity index (χ1) is 6.81. The average molecular weight is 226 g/mol. The Balaban J connectivity index is 2.36. The number of anilines is 1. The molecular formula is C8H10N4S2. The molecule has 0 radical (unpaired) electrons. The number of hydrogen-bond acceptors (Lipinski definition) is 6. The lowest BCUT2D eigenvalue weighted by molar-refractivity contribution is 0.871. The molecule has 14 heavy (non-hydrogen) atoms. The van der Waals surface area contributed by atoms with Crippen LogP contribution < -0.4 is 5.73 Å². The molecule has 0 aliphatic heterocycles. The summed E-state index contributed by atoms with van der Waals surface area (Å²) in [4.78, 5) is 5.28. The molecule has 4 nitrogen and oxygen atoms in total. The van der Waals surface area contributed by atoms with Crippen LogP contribution in [-0.4, -0.2) is 14.6 Å². The van der Waals surface area contributed by atoms with Gasteiger partial charge in [-0.3, -0.25) is 0 Å². The van der Waals surface area contributed by atoms with Gasteiger partial charge in [-0.25, -0.2) is 4.98 Å². The highest BCUT2D eigenvalue weighted by molar-refractivity contribution is 7.14. The summed E-state index contributed by atoms with van der Waals surface area (Å²) >= 11 is 2.83. The summed E-state index contributed by atoms with van der Waals surface area (Å²) in [5.74, 6) is 0. The quantitative estimate of drug-likeness (QED) is 0.871. The molecule has 0 saturated carbocycles. The van der Waals surface area contributed by atoms with Gasteiger partial charge in [0, 0.05) is 5.38 Å². The van der Waals surface area contributed by atoms with E-state index in [9.17, 15) is 0 Å². The average Bonchev–Trinajstić information content (AvgIpc) is 2.74. The number of nitrogens with two attached hydrogens (primary N) is 1. The summed E-state index contributed by atoms with van der Waals surface area (Å²) in [6.45, 7) is 2.12. The Kier molecular flexibility index (Phi) is 2.74. The molecule has 0 unspecified atom stereocenters. The van der Waals surface area contributed by atoms with Gasteiger partial charge >= 0.3 is 0 Å². The van der Waals surface area contributed by atoms with Gasteiger partial charge in [-0.1, -0.05) is 17.8 Å². The smallest absolute Gasteiger partial charge is 0.180 e. The summed E-state index contributed by atoms with van der Waals surface area (Å²) in [6, 6.07) is 0. The van der Waals surface area contributed by atoms with Gasteiger partial charge in [-0.05, 0) is 18.0 Å². The number of nitrogen functional groups attached to an aromatic ring is 1. The molecule has 0 aliphatic carbocycles. The minimum absolute atomic E-state index is 0.593. The number of aromatic nitrogens is 3. The second-order valence-corrected chi connectivity index (χ2v) is 4.51. The topological polar surface area (TPSA) is 64.7 Å². The molecule has 0 fully saturated rings. The van der Waals surface area contributed by atoms with E-state index in [1.54, 1.807) is 0 Å². The highest BCUT2D eigenvalue weighted by Crippen LogP contribution is 2.28. The van der Waals surface area contributed by atoms with Gasteiger partial charge in [0.25, 0.3) is 0 Å². The predicted molar refractivity (Wildman–Crippen MR) is 59.4 cm³/mol. The SMILES string of the molecule is CCCc1nnsc1-c1csc(N)n1. The third-order valence-electron chi connectivity index (χ3n) is 1.80. The molecule has 0 atom stereocenters. The van der Waals surface area contributed by atoms with Crippen molar-refractivity contribution < 1.29 is 0 Å². The Morgan fingerprint density at radius 1 is 1.50 bits per heavy atom. The Morgan fingerprint density at radius 2 is 2.36 bits per heavy atom. The van der Waals surface area contributed by atoms with E-state index in [-0.39, 0.29) is 0 Å². The summed E-state index contributed by atoms with van der Waals surface area (Å²) in [5.41, 5.74) is 7.52. The van der Waals surface area contributed by atoms with Crippen LogP contribution >= 0.6 is 22.9 Å². The van der Waals surface area contributed by atoms with Crippen molar-refractivity contribution in [1.29, 1.82) is 0 Å². The van der Waals surface area contributed by atoms with Crippen molar-refractivity contribution in [3.05, 3.63) is 11.1 Å². The lowest BCUT2D eigenvalue weighted by Gasteiger charge is -1.93. The fourth-order valence-electron chi connectivity index (χ4n) is 1.20. The van der Waals surface area contributed by atoms with Crippen LogP contribution in [0, 0.1) is 0 Å². The fraction of sp³-hybridized carbons (Fsp3) is 0.375. The van der Waals surface area contributed by atoms with E-state index in [0.717, 1.165) is 29.1 Å². The Labute approximate surface area is 90.0 Å².